The molecule has 0 bridgehead atoms. The average Bonchev–Trinajstić information content (AvgIpc) is 3.02. The van der Waals surface area contributed by atoms with Gasteiger partial charge in [0.2, 0.25) is 0 Å². The number of hydrogen-bond acceptors (Lipinski definition) is 13. The van der Waals surface area contributed by atoms with Crippen LogP contribution in [0, 0.1) is 0 Å². The highest BCUT2D eigenvalue weighted by Gasteiger charge is 2.56. The molecule has 260 valence electrons. The number of aliphatic hydroxyl groups is 8. The first-order valence-corrected chi connectivity index (χ1v) is 16.4. The lowest BCUT2D eigenvalue weighted by atomic mass is 9.92. The van der Waals surface area contributed by atoms with Crippen molar-refractivity contribution in [1.29, 1.82) is 0 Å². The van der Waals surface area contributed by atoms with Gasteiger partial charge >= 0.3 is 0 Å². The Morgan fingerprint density at radius 2 is 1.36 bits per heavy atom. The van der Waals surface area contributed by atoms with Crippen LogP contribution in [-0.2, 0) is 18.9 Å². The Morgan fingerprint density at radius 1 is 0.795 bits per heavy atom. The van der Waals surface area contributed by atoms with Crippen molar-refractivity contribution < 1.29 is 59.8 Å². The largest absolute Gasteiger partial charge is 0.394 e. The lowest BCUT2D eigenvalue weighted by Crippen LogP contribution is -2.69. The third-order valence-electron chi connectivity index (χ3n) is 8.55. The number of rotatable bonds is 21. The highest BCUT2D eigenvalue weighted by Crippen LogP contribution is 2.35. The number of hydrogen-bond donors (Lipinski definition) is 9. The molecule has 12 atom stereocenters. The molecule has 2 heterocycles. The number of ether oxygens (including phenoxy) is 4. The summed E-state index contributed by atoms with van der Waals surface area (Å²) in [6.45, 7) is 1.83. The summed E-state index contributed by atoms with van der Waals surface area (Å²) in [4.78, 5) is 0. The highest BCUT2D eigenvalue weighted by molar-refractivity contribution is 4.99. The van der Waals surface area contributed by atoms with Crippen LogP contribution in [-0.4, -0.2) is 134 Å². The monoisotopic (exact) mass is 637 g/mol. The molecule has 0 radical (unpaired) electrons. The van der Waals surface area contributed by atoms with Gasteiger partial charge in [-0.05, 0) is 19.8 Å². The first-order valence-electron chi connectivity index (χ1n) is 16.4. The maximum atomic E-state index is 10.8. The molecule has 0 spiro atoms. The summed E-state index contributed by atoms with van der Waals surface area (Å²) in [5.41, 5.74) is 6.05. The molecule has 0 aromatic heterocycles. The minimum absolute atomic E-state index is 0.232. The minimum atomic E-state index is -2.05. The van der Waals surface area contributed by atoms with Crippen LogP contribution < -0.4 is 5.73 Å². The van der Waals surface area contributed by atoms with Gasteiger partial charge in [-0.2, -0.15) is 0 Å². The Balaban J connectivity index is 1.74. The number of unbranched alkanes of at least 4 members (excludes halogenated alkanes) is 11. The van der Waals surface area contributed by atoms with Gasteiger partial charge in [-0.25, -0.2) is 0 Å². The normalized spacial score (nSPS) is 36.1. The summed E-state index contributed by atoms with van der Waals surface area (Å²) in [6, 6.07) is -0.855. The fourth-order valence-corrected chi connectivity index (χ4v) is 5.62. The molecule has 13 heteroatoms. The van der Waals surface area contributed by atoms with Gasteiger partial charge < -0.3 is 65.5 Å². The molecule has 2 aliphatic heterocycles. The molecule has 44 heavy (non-hydrogen) atoms. The summed E-state index contributed by atoms with van der Waals surface area (Å²) in [7, 11) is 0. The van der Waals surface area contributed by atoms with E-state index in [2.05, 4.69) is 6.92 Å². The molecule has 0 saturated carbocycles. The van der Waals surface area contributed by atoms with Crippen LogP contribution in [0.1, 0.15) is 90.9 Å². The quantitative estimate of drug-likeness (QED) is 0.0596. The zero-order chi connectivity index (χ0) is 32.7. The fraction of sp³-hybridized carbons (Fsp3) is 0.935. The van der Waals surface area contributed by atoms with Crippen LogP contribution in [0.15, 0.2) is 12.2 Å². The zero-order valence-electron chi connectivity index (χ0n) is 26.4. The van der Waals surface area contributed by atoms with Gasteiger partial charge in [-0.3, -0.25) is 0 Å². The predicted molar refractivity (Wildman–Crippen MR) is 161 cm³/mol. The second-order valence-corrected chi connectivity index (χ2v) is 12.3. The average molecular weight is 638 g/mol. The van der Waals surface area contributed by atoms with Crippen LogP contribution in [0.3, 0.4) is 0 Å². The van der Waals surface area contributed by atoms with Crippen molar-refractivity contribution in [3.05, 3.63) is 12.2 Å². The third kappa shape index (κ3) is 11.8. The molecule has 13 nitrogen and oxygen atoms in total. The first kappa shape index (κ1) is 39.4. The molecule has 5 unspecified atom stereocenters. The molecule has 0 amide bonds. The van der Waals surface area contributed by atoms with E-state index in [1.165, 1.54) is 64.7 Å². The van der Waals surface area contributed by atoms with Gasteiger partial charge in [-0.1, -0.05) is 83.3 Å². The lowest BCUT2D eigenvalue weighted by Gasteiger charge is -2.50. The standard InChI is InChI=1S/C31H59NO12/c1-3-4-5-6-7-8-9-10-11-12-13-14-15-16-21(35)20(32)19-41-30-27(39)25(37)28(23(18-34)42-30)44-31(2)29(40)26(38)24(36)22(17-33)43-31/h15-16,20-30,33-40H,3-14,17-19,32H2,1-2H3/b16-15+/t20?,21-,22-,23-,24+,25-,26+,27?,28?,29?,30-,31?/m1/s1. The van der Waals surface area contributed by atoms with Crippen LogP contribution in [0.2, 0.25) is 0 Å². The van der Waals surface area contributed by atoms with Crippen molar-refractivity contribution >= 4 is 0 Å². The SMILES string of the molecule is CCCCCCCCCCCCC/C=C/[C@@H](O)C(N)CO[C@@H]1O[C@H](CO)C(OC2(C)O[C@H](CO)[C@H](O)[C@H](O)C2O)[C@H](O)C1O. The van der Waals surface area contributed by atoms with Gasteiger partial charge in [0.25, 0.3) is 0 Å². The third-order valence-corrected chi connectivity index (χ3v) is 8.55. The molecule has 10 N–H and O–H groups in total. The molecule has 0 aliphatic carbocycles. The molecule has 2 rings (SSSR count). The summed E-state index contributed by atoms with van der Waals surface area (Å²) in [5.74, 6) is -2.05. The smallest absolute Gasteiger partial charge is 0.195 e. The van der Waals surface area contributed by atoms with Crippen LogP contribution in [0.4, 0.5) is 0 Å². The van der Waals surface area contributed by atoms with E-state index >= 15 is 0 Å². The molecule has 0 aromatic carbocycles. The Hall–Kier alpha value is -0.780. The second kappa shape index (κ2) is 20.5. The molecule has 0 aromatic rings. The Labute approximate surface area is 261 Å². The van der Waals surface area contributed by atoms with E-state index in [0.717, 1.165) is 19.3 Å². The van der Waals surface area contributed by atoms with Gasteiger partial charge in [0.1, 0.15) is 48.8 Å². The van der Waals surface area contributed by atoms with Gasteiger partial charge in [-0.15, -0.1) is 0 Å². The van der Waals surface area contributed by atoms with E-state index in [4.69, 9.17) is 24.7 Å². The Bertz CT molecular complexity index is 789. The highest BCUT2D eigenvalue weighted by atomic mass is 16.8. The maximum Gasteiger partial charge on any atom is 0.195 e. The van der Waals surface area contributed by atoms with Crippen LogP contribution in [0.25, 0.3) is 0 Å². The summed E-state index contributed by atoms with van der Waals surface area (Å²) >= 11 is 0. The summed E-state index contributed by atoms with van der Waals surface area (Å²) < 4.78 is 22.3. The van der Waals surface area contributed by atoms with E-state index in [1.54, 1.807) is 6.08 Å². The van der Waals surface area contributed by atoms with E-state index in [0.29, 0.717) is 0 Å². The zero-order valence-corrected chi connectivity index (χ0v) is 26.4. The van der Waals surface area contributed by atoms with E-state index in [-0.39, 0.29) is 6.61 Å². The maximum absolute atomic E-state index is 10.8. The molecular weight excluding hydrogens is 578 g/mol. The molecular formula is C31H59NO12. The topological polar surface area (TPSA) is 225 Å². The van der Waals surface area contributed by atoms with Crippen molar-refractivity contribution in [1.82, 2.24) is 0 Å². The van der Waals surface area contributed by atoms with E-state index in [1.807, 2.05) is 6.08 Å². The van der Waals surface area contributed by atoms with Gasteiger partial charge in [0.15, 0.2) is 12.1 Å². The van der Waals surface area contributed by atoms with Crippen LogP contribution in [0.5, 0.6) is 0 Å². The Morgan fingerprint density at radius 3 is 1.93 bits per heavy atom. The predicted octanol–water partition coefficient (Wildman–Crippen LogP) is -0.0373. The van der Waals surface area contributed by atoms with Crippen molar-refractivity contribution in [2.75, 3.05) is 19.8 Å². The lowest BCUT2D eigenvalue weighted by molar-refractivity contribution is -0.398. The van der Waals surface area contributed by atoms with Crippen molar-refractivity contribution in [3.63, 3.8) is 0 Å². The number of allylic oxidation sites excluding steroid dienone is 1. The summed E-state index contributed by atoms with van der Waals surface area (Å²) in [6.07, 6.45) is 3.15. The molecule has 2 fully saturated rings. The number of aliphatic hydroxyl groups excluding tert-OH is 8. The van der Waals surface area contributed by atoms with Gasteiger partial charge in [0.05, 0.1) is 32.0 Å². The van der Waals surface area contributed by atoms with Crippen molar-refractivity contribution in [2.24, 2.45) is 5.73 Å². The summed E-state index contributed by atoms with van der Waals surface area (Å²) in [5, 5.41) is 81.9. The number of nitrogens with two attached hydrogens (primary N) is 1. The van der Waals surface area contributed by atoms with E-state index in [9.17, 15) is 40.9 Å². The van der Waals surface area contributed by atoms with Crippen LogP contribution >= 0.6 is 0 Å². The second-order valence-electron chi connectivity index (χ2n) is 12.3. The van der Waals surface area contributed by atoms with Gasteiger partial charge in [0, 0.05) is 0 Å². The van der Waals surface area contributed by atoms with Crippen molar-refractivity contribution in [3.8, 4) is 0 Å². The first-order chi connectivity index (χ1) is 21.0. The van der Waals surface area contributed by atoms with Crippen molar-refractivity contribution in [2.45, 2.75) is 164 Å². The minimum Gasteiger partial charge on any atom is -0.394 e. The Kier molecular flexibility index (Phi) is 18.3. The molecule has 2 saturated heterocycles. The molecule has 2 aliphatic rings. The fourth-order valence-electron chi connectivity index (χ4n) is 5.62. The van der Waals surface area contributed by atoms with E-state index < -0.39 is 86.3 Å².